The number of carboxylic acids is 1. The van der Waals surface area contributed by atoms with Gasteiger partial charge in [0.15, 0.2) is 0 Å². The molecule has 2 aromatic heterocycles. The van der Waals surface area contributed by atoms with Gasteiger partial charge >= 0.3 is 5.97 Å². The lowest BCUT2D eigenvalue weighted by atomic mass is 9.72. The highest BCUT2D eigenvalue weighted by atomic mass is 32.1. The van der Waals surface area contributed by atoms with Crippen molar-refractivity contribution in [1.82, 2.24) is 9.97 Å². The smallest absolute Gasteiger partial charge is 0.310 e. The molecular weight excluding hydrogens is 418 g/mol. The van der Waals surface area contributed by atoms with Crippen LogP contribution in [-0.4, -0.2) is 32.7 Å². The van der Waals surface area contributed by atoms with Gasteiger partial charge in [-0.05, 0) is 25.7 Å². The van der Waals surface area contributed by atoms with Crippen LogP contribution in [-0.2, 0) is 22.4 Å². The van der Waals surface area contributed by atoms with E-state index in [1.54, 1.807) is 41.1 Å². The summed E-state index contributed by atoms with van der Waals surface area (Å²) < 4.78 is 0. The van der Waals surface area contributed by atoms with E-state index in [-0.39, 0.29) is 5.54 Å². The fraction of sp³-hybridized carbons (Fsp3) is 0.636. The molecule has 0 saturated heterocycles. The Morgan fingerprint density at radius 2 is 1.47 bits per heavy atom. The summed E-state index contributed by atoms with van der Waals surface area (Å²) in [6.45, 7) is 0. The molecule has 0 spiro atoms. The summed E-state index contributed by atoms with van der Waals surface area (Å²) >= 11 is 3.20. The minimum absolute atomic E-state index is 0.197. The van der Waals surface area contributed by atoms with Gasteiger partial charge in [0.05, 0.1) is 21.0 Å². The first-order chi connectivity index (χ1) is 14.6. The summed E-state index contributed by atoms with van der Waals surface area (Å²) in [5, 5.41) is 15.3. The Balaban J connectivity index is 0.000000171. The van der Waals surface area contributed by atoms with Crippen LogP contribution in [0.15, 0.2) is 28.1 Å². The molecule has 2 aliphatic carbocycles. The first-order valence-corrected chi connectivity index (χ1v) is 12.4. The Morgan fingerprint density at radius 3 is 1.93 bits per heavy atom. The summed E-state index contributed by atoms with van der Waals surface area (Å²) in [6, 6.07) is 0. The lowest BCUT2D eigenvalue weighted by Crippen LogP contribution is -2.35. The Morgan fingerprint density at radius 1 is 0.933 bits per heavy atom. The zero-order valence-corrected chi connectivity index (χ0v) is 18.8. The van der Waals surface area contributed by atoms with Crippen molar-refractivity contribution < 1.29 is 14.7 Å². The van der Waals surface area contributed by atoms with Crippen LogP contribution in [0.3, 0.4) is 0 Å². The third-order valence-electron chi connectivity index (χ3n) is 6.27. The number of hydrogen-bond donors (Lipinski definition) is 1. The number of thiazole rings is 2. The van der Waals surface area contributed by atoms with Gasteiger partial charge in [-0.25, -0.2) is 14.8 Å². The van der Waals surface area contributed by atoms with E-state index in [4.69, 9.17) is 0 Å². The zero-order valence-electron chi connectivity index (χ0n) is 17.2. The first kappa shape index (κ1) is 22.8. The molecule has 4 rings (SSSR count). The first-order valence-electron chi connectivity index (χ1n) is 10.7. The number of isocyanates is 1. The van der Waals surface area contributed by atoms with Crippen LogP contribution in [0.5, 0.6) is 0 Å². The largest absolute Gasteiger partial charge is 0.481 e. The molecule has 0 atom stereocenters. The molecule has 0 bridgehead atoms. The van der Waals surface area contributed by atoms with E-state index in [0.717, 1.165) is 67.8 Å². The zero-order chi connectivity index (χ0) is 21.3. The number of carboxylic acid groups (broad SMARTS) is 1. The second-order valence-corrected chi connectivity index (χ2v) is 10.3. The van der Waals surface area contributed by atoms with Crippen LogP contribution in [0.2, 0.25) is 0 Å². The molecule has 0 radical (unpaired) electrons. The molecule has 2 aliphatic rings. The Hall–Kier alpha value is -1.89. The highest BCUT2D eigenvalue weighted by molar-refractivity contribution is 7.09. The van der Waals surface area contributed by atoms with E-state index in [2.05, 4.69) is 15.0 Å². The number of aliphatic carboxylic acids is 1. The SMILES string of the molecule is O=C(O)C1(Cc2nccs2)CCCCC1.O=C=NC1(Cc2nccs2)CCCCC1. The number of carbonyl (C=O) groups is 1. The van der Waals surface area contributed by atoms with E-state index < -0.39 is 11.4 Å². The van der Waals surface area contributed by atoms with Crippen molar-refractivity contribution in [2.75, 3.05) is 0 Å². The highest BCUT2D eigenvalue weighted by Crippen LogP contribution is 2.40. The molecule has 0 unspecified atom stereocenters. The van der Waals surface area contributed by atoms with Gasteiger partial charge in [0.1, 0.15) is 0 Å². The van der Waals surface area contributed by atoms with Gasteiger partial charge < -0.3 is 5.11 Å². The lowest BCUT2D eigenvalue weighted by molar-refractivity contribution is -0.151. The number of aliphatic imine (C=N–C) groups is 1. The molecule has 8 heteroatoms. The minimum Gasteiger partial charge on any atom is -0.481 e. The van der Waals surface area contributed by atoms with E-state index in [9.17, 15) is 14.7 Å². The van der Waals surface area contributed by atoms with Gasteiger partial charge in [-0.1, -0.05) is 38.5 Å². The molecule has 0 amide bonds. The van der Waals surface area contributed by atoms with Gasteiger partial charge in [-0.15, -0.1) is 22.7 Å². The standard InChI is InChI=1S/C11H14N2OS.C11H15NO2S/c14-9-13-11(4-2-1-3-5-11)8-10-12-6-7-15-10;13-10(14)11(4-2-1-3-5-11)8-9-12-6-7-15-9/h6-7H,1-5,8H2;6-7H,1-5,8H2,(H,13,14). The molecule has 2 aromatic rings. The van der Waals surface area contributed by atoms with Gasteiger partial charge in [-0.3, -0.25) is 4.79 Å². The van der Waals surface area contributed by atoms with Crippen LogP contribution in [0.1, 0.15) is 74.2 Å². The van der Waals surface area contributed by atoms with E-state index in [0.29, 0.717) is 6.42 Å². The average Bonchev–Trinajstić information content (AvgIpc) is 3.44. The minimum atomic E-state index is -0.641. The van der Waals surface area contributed by atoms with Crippen molar-refractivity contribution in [2.24, 2.45) is 10.4 Å². The highest BCUT2D eigenvalue weighted by Gasteiger charge is 2.40. The van der Waals surface area contributed by atoms with Crippen LogP contribution < -0.4 is 0 Å². The Bertz CT molecular complexity index is 762. The molecule has 0 aliphatic heterocycles. The second kappa shape index (κ2) is 10.9. The van der Waals surface area contributed by atoms with Crippen LogP contribution in [0.4, 0.5) is 0 Å². The molecule has 1 N–H and O–H groups in total. The summed E-state index contributed by atoms with van der Waals surface area (Å²) in [5.74, 6) is -0.641. The fourth-order valence-electron chi connectivity index (χ4n) is 4.58. The van der Waals surface area contributed by atoms with E-state index in [1.807, 2.05) is 10.8 Å². The Kier molecular flexibility index (Phi) is 8.31. The molecular formula is C22H29N3O3S2. The number of rotatable bonds is 6. The molecule has 2 fully saturated rings. The Labute approximate surface area is 185 Å². The summed E-state index contributed by atoms with van der Waals surface area (Å²) in [4.78, 5) is 34.4. The molecule has 30 heavy (non-hydrogen) atoms. The number of nitrogens with zero attached hydrogens (tertiary/aromatic N) is 3. The van der Waals surface area contributed by atoms with Crippen LogP contribution >= 0.6 is 22.7 Å². The molecule has 2 heterocycles. The monoisotopic (exact) mass is 447 g/mol. The fourth-order valence-corrected chi connectivity index (χ4v) is 6.09. The molecule has 2 saturated carbocycles. The van der Waals surface area contributed by atoms with Crippen molar-refractivity contribution >= 4 is 34.7 Å². The van der Waals surface area contributed by atoms with Gasteiger partial charge in [-0.2, -0.15) is 4.99 Å². The number of hydrogen-bond acceptors (Lipinski definition) is 7. The topological polar surface area (TPSA) is 92.5 Å². The van der Waals surface area contributed by atoms with Crippen molar-refractivity contribution in [3.8, 4) is 0 Å². The van der Waals surface area contributed by atoms with Crippen molar-refractivity contribution in [1.29, 1.82) is 0 Å². The van der Waals surface area contributed by atoms with E-state index >= 15 is 0 Å². The maximum absolute atomic E-state index is 11.4. The third kappa shape index (κ3) is 6.06. The molecule has 0 aromatic carbocycles. The maximum Gasteiger partial charge on any atom is 0.310 e. The summed E-state index contributed by atoms with van der Waals surface area (Å²) in [7, 11) is 0. The lowest BCUT2D eigenvalue weighted by Gasteiger charge is -2.32. The second-order valence-electron chi connectivity index (χ2n) is 8.34. The number of aromatic nitrogens is 2. The van der Waals surface area contributed by atoms with Crippen molar-refractivity contribution in [3.63, 3.8) is 0 Å². The van der Waals surface area contributed by atoms with Gasteiger partial charge in [0.25, 0.3) is 0 Å². The predicted octanol–water partition coefficient (Wildman–Crippen LogP) is 5.45. The average molecular weight is 448 g/mol. The van der Waals surface area contributed by atoms with Gasteiger partial charge in [0.2, 0.25) is 6.08 Å². The van der Waals surface area contributed by atoms with Crippen molar-refractivity contribution in [3.05, 3.63) is 33.2 Å². The quantitative estimate of drug-likeness (QED) is 0.470. The predicted molar refractivity (Wildman–Crippen MR) is 119 cm³/mol. The summed E-state index contributed by atoms with van der Waals surface area (Å²) in [5.41, 5.74) is -0.728. The summed E-state index contributed by atoms with van der Waals surface area (Å²) in [6.07, 6.45) is 17.2. The normalized spacial score (nSPS) is 19.7. The molecule has 6 nitrogen and oxygen atoms in total. The van der Waals surface area contributed by atoms with Crippen molar-refractivity contribution in [2.45, 2.75) is 82.6 Å². The molecule has 162 valence electrons. The van der Waals surface area contributed by atoms with E-state index in [1.165, 1.54) is 12.8 Å². The van der Waals surface area contributed by atoms with Crippen LogP contribution in [0.25, 0.3) is 0 Å². The third-order valence-corrected chi connectivity index (χ3v) is 7.83. The van der Waals surface area contributed by atoms with Crippen LogP contribution in [0, 0.1) is 5.41 Å². The van der Waals surface area contributed by atoms with Gasteiger partial charge in [0, 0.05) is 36.0 Å². The maximum atomic E-state index is 11.4. The number of carbonyl (C=O) groups excluding carboxylic acids is 1.